The van der Waals surface area contributed by atoms with Gasteiger partial charge in [-0.3, -0.25) is 0 Å². The van der Waals surface area contributed by atoms with Gasteiger partial charge in [0, 0.05) is 12.1 Å². The van der Waals surface area contributed by atoms with Crippen molar-refractivity contribution >= 4 is 0 Å². The molecule has 1 saturated heterocycles. The fourth-order valence-corrected chi connectivity index (χ4v) is 4.19. The van der Waals surface area contributed by atoms with Crippen molar-refractivity contribution in [2.45, 2.75) is 90.5 Å². The number of nitrogens with one attached hydrogen (secondary N) is 1. The van der Waals surface area contributed by atoms with Gasteiger partial charge in [0.2, 0.25) is 0 Å². The van der Waals surface area contributed by atoms with Crippen molar-refractivity contribution in [1.29, 1.82) is 0 Å². The molecular weight excluding hydrogens is 222 g/mol. The van der Waals surface area contributed by atoms with Crippen LogP contribution in [0.5, 0.6) is 0 Å². The summed E-state index contributed by atoms with van der Waals surface area (Å²) in [4.78, 5) is 0. The van der Waals surface area contributed by atoms with Crippen LogP contribution in [0.2, 0.25) is 0 Å². The molecule has 2 nitrogen and oxygen atoms in total. The average molecular weight is 253 g/mol. The topological polar surface area (TPSA) is 21.3 Å². The SMILES string of the molecule is CC1CC(C)CC(NC2CC(C)(C)OC2(C)C)C1. The van der Waals surface area contributed by atoms with Crippen LogP contribution < -0.4 is 5.32 Å². The third-order valence-corrected chi connectivity index (χ3v) is 4.69. The first-order chi connectivity index (χ1) is 8.18. The molecule has 1 heterocycles. The maximum atomic E-state index is 6.18. The summed E-state index contributed by atoms with van der Waals surface area (Å²) < 4.78 is 6.18. The molecule has 2 fully saturated rings. The zero-order chi connectivity index (χ0) is 13.6. The molecule has 1 aliphatic heterocycles. The highest BCUT2D eigenvalue weighted by Crippen LogP contribution is 2.38. The maximum Gasteiger partial charge on any atom is 0.0787 e. The lowest BCUT2D eigenvalue weighted by atomic mass is 9.79. The second-order valence-corrected chi connectivity index (χ2v) is 8.00. The summed E-state index contributed by atoms with van der Waals surface area (Å²) in [6, 6.07) is 1.18. The molecule has 2 aliphatic rings. The quantitative estimate of drug-likeness (QED) is 0.809. The van der Waals surface area contributed by atoms with E-state index in [-0.39, 0.29) is 11.2 Å². The molecule has 0 bridgehead atoms. The Morgan fingerprint density at radius 3 is 1.94 bits per heavy atom. The minimum Gasteiger partial charge on any atom is -0.368 e. The molecule has 3 atom stereocenters. The van der Waals surface area contributed by atoms with Gasteiger partial charge >= 0.3 is 0 Å². The Morgan fingerprint density at radius 1 is 0.944 bits per heavy atom. The molecule has 106 valence electrons. The van der Waals surface area contributed by atoms with Gasteiger partial charge in [-0.05, 0) is 65.2 Å². The summed E-state index contributed by atoms with van der Waals surface area (Å²) >= 11 is 0. The van der Waals surface area contributed by atoms with E-state index >= 15 is 0 Å². The van der Waals surface area contributed by atoms with Crippen LogP contribution in [0.15, 0.2) is 0 Å². The van der Waals surface area contributed by atoms with Crippen molar-refractivity contribution in [3.05, 3.63) is 0 Å². The largest absolute Gasteiger partial charge is 0.368 e. The van der Waals surface area contributed by atoms with Crippen LogP contribution in [-0.4, -0.2) is 23.3 Å². The highest BCUT2D eigenvalue weighted by atomic mass is 16.5. The van der Waals surface area contributed by atoms with Crippen molar-refractivity contribution in [2.24, 2.45) is 11.8 Å². The Balaban J connectivity index is 1.97. The number of hydrogen-bond acceptors (Lipinski definition) is 2. The third-order valence-electron chi connectivity index (χ3n) is 4.69. The third kappa shape index (κ3) is 3.27. The second-order valence-electron chi connectivity index (χ2n) is 8.00. The van der Waals surface area contributed by atoms with Crippen LogP contribution in [0.4, 0.5) is 0 Å². The molecule has 0 aromatic carbocycles. The maximum absolute atomic E-state index is 6.18. The van der Waals surface area contributed by atoms with Gasteiger partial charge in [-0.2, -0.15) is 0 Å². The first-order valence-corrected chi connectivity index (χ1v) is 7.64. The lowest BCUT2D eigenvalue weighted by molar-refractivity contribution is -0.0709. The average Bonchev–Trinajstić information content (AvgIpc) is 2.31. The Kier molecular flexibility index (Phi) is 3.81. The van der Waals surface area contributed by atoms with E-state index in [2.05, 4.69) is 46.9 Å². The molecular formula is C16H31NO. The zero-order valence-electron chi connectivity index (χ0n) is 13.0. The number of rotatable bonds is 2. The van der Waals surface area contributed by atoms with Crippen molar-refractivity contribution in [2.75, 3.05) is 0 Å². The van der Waals surface area contributed by atoms with E-state index in [4.69, 9.17) is 4.74 Å². The Labute approximate surface area is 113 Å². The predicted octanol–water partition coefficient (Wildman–Crippen LogP) is 3.75. The van der Waals surface area contributed by atoms with E-state index in [0.717, 1.165) is 18.3 Å². The second kappa shape index (κ2) is 4.79. The molecule has 1 saturated carbocycles. The van der Waals surface area contributed by atoms with Crippen LogP contribution >= 0.6 is 0 Å². The first-order valence-electron chi connectivity index (χ1n) is 7.64. The van der Waals surface area contributed by atoms with E-state index in [0.29, 0.717) is 12.1 Å². The van der Waals surface area contributed by atoms with E-state index in [1.165, 1.54) is 19.3 Å². The predicted molar refractivity (Wildman–Crippen MR) is 76.8 cm³/mol. The molecule has 2 heteroatoms. The molecule has 0 amide bonds. The smallest absolute Gasteiger partial charge is 0.0787 e. The van der Waals surface area contributed by atoms with Crippen molar-refractivity contribution in [3.8, 4) is 0 Å². The first kappa shape index (κ1) is 14.3. The minimum atomic E-state index is -0.0343. The normalized spacial score (nSPS) is 43.0. The fraction of sp³-hybridized carbons (Fsp3) is 1.00. The molecule has 0 radical (unpaired) electrons. The van der Waals surface area contributed by atoms with Gasteiger partial charge in [-0.15, -0.1) is 0 Å². The van der Waals surface area contributed by atoms with Crippen molar-refractivity contribution < 1.29 is 4.74 Å². The summed E-state index contributed by atoms with van der Waals surface area (Å²) in [5.41, 5.74) is -0.0134. The van der Waals surface area contributed by atoms with Crippen LogP contribution in [0, 0.1) is 11.8 Å². The van der Waals surface area contributed by atoms with Crippen LogP contribution in [0.3, 0.4) is 0 Å². The summed E-state index contributed by atoms with van der Waals surface area (Å²) in [6.07, 6.45) is 5.18. The van der Waals surface area contributed by atoms with Crippen molar-refractivity contribution in [1.82, 2.24) is 5.32 Å². The Morgan fingerprint density at radius 2 is 1.50 bits per heavy atom. The highest BCUT2D eigenvalue weighted by molar-refractivity contribution is 5.00. The molecule has 1 N–H and O–H groups in total. The summed E-state index contributed by atoms with van der Waals surface area (Å²) in [5.74, 6) is 1.73. The van der Waals surface area contributed by atoms with Crippen LogP contribution in [0.25, 0.3) is 0 Å². The number of ether oxygens (including phenoxy) is 1. The number of hydrogen-bond donors (Lipinski definition) is 1. The highest BCUT2D eigenvalue weighted by Gasteiger charge is 2.46. The molecule has 18 heavy (non-hydrogen) atoms. The molecule has 0 aromatic rings. The van der Waals surface area contributed by atoms with Gasteiger partial charge in [0.25, 0.3) is 0 Å². The minimum absolute atomic E-state index is 0.0209. The summed E-state index contributed by atoms with van der Waals surface area (Å²) in [5, 5.41) is 3.90. The summed E-state index contributed by atoms with van der Waals surface area (Å²) in [7, 11) is 0. The molecule has 3 unspecified atom stereocenters. The molecule has 1 aliphatic carbocycles. The lowest BCUT2D eigenvalue weighted by Crippen LogP contribution is -2.49. The van der Waals surface area contributed by atoms with Gasteiger partial charge in [0.1, 0.15) is 0 Å². The standard InChI is InChI=1S/C16H31NO/c1-11-7-12(2)9-13(8-11)17-14-10-15(3,4)18-16(14,5)6/h11-14,17H,7-10H2,1-6H3. The van der Waals surface area contributed by atoms with Gasteiger partial charge in [0.05, 0.1) is 11.2 Å². The van der Waals surface area contributed by atoms with E-state index < -0.39 is 0 Å². The van der Waals surface area contributed by atoms with Crippen LogP contribution in [0.1, 0.15) is 67.2 Å². The van der Waals surface area contributed by atoms with Gasteiger partial charge in [-0.25, -0.2) is 0 Å². The van der Waals surface area contributed by atoms with Gasteiger partial charge in [0.15, 0.2) is 0 Å². The van der Waals surface area contributed by atoms with E-state index in [1.54, 1.807) is 0 Å². The Bertz CT molecular complexity index is 287. The lowest BCUT2D eigenvalue weighted by Gasteiger charge is -2.36. The van der Waals surface area contributed by atoms with Gasteiger partial charge < -0.3 is 10.1 Å². The monoisotopic (exact) mass is 253 g/mol. The van der Waals surface area contributed by atoms with E-state index in [1.807, 2.05) is 0 Å². The Hall–Kier alpha value is -0.0800. The fourth-order valence-electron chi connectivity index (χ4n) is 4.19. The molecule has 0 aromatic heterocycles. The van der Waals surface area contributed by atoms with Gasteiger partial charge in [-0.1, -0.05) is 13.8 Å². The molecule has 0 spiro atoms. The molecule has 2 rings (SSSR count). The summed E-state index contributed by atoms with van der Waals surface area (Å²) in [6.45, 7) is 13.7. The van der Waals surface area contributed by atoms with Crippen LogP contribution in [-0.2, 0) is 4.74 Å². The zero-order valence-corrected chi connectivity index (χ0v) is 13.0. The van der Waals surface area contributed by atoms with Crippen molar-refractivity contribution in [3.63, 3.8) is 0 Å². The van der Waals surface area contributed by atoms with E-state index in [9.17, 15) is 0 Å².